The minimum atomic E-state index is 0.349. The molecule has 94 valence electrons. The molecule has 0 saturated heterocycles. The van der Waals surface area contributed by atoms with Gasteiger partial charge in [-0.3, -0.25) is 4.98 Å². The van der Waals surface area contributed by atoms with Crippen LogP contribution in [-0.4, -0.2) is 18.1 Å². The monoisotopic (exact) mass is 232 g/mol. The smallest absolute Gasteiger partial charge is 0.0471 e. The van der Waals surface area contributed by atoms with E-state index in [9.17, 15) is 0 Å². The third-order valence-corrected chi connectivity index (χ3v) is 4.10. The van der Waals surface area contributed by atoms with Crippen molar-refractivity contribution >= 4 is 0 Å². The Morgan fingerprint density at radius 2 is 2.29 bits per heavy atom. The molecule has 2 heteroatoms. The number of pyridine rings is 1. The summed E-state index contributed by atoms with van der Waals surface area (Å²) in [6, 6.07) is 4.30. The SMILES string of the molecule is CCNCCC(C)(C)C1CCc2cccnc21. The lowest BCUT2D eigenvalue weighted by atomic mass is 9.75. The van der Waals surface area contributed by atoms with Crippen molar-refractivity contribution in [3.63, 3.8) is 0 Å². The van der Waals surface area contributed by atoms with Gasteiger partial charge in [0, 0.05) is 17.8 Å². The number of aromatic nitrogens is 1. The summed E-state index contributed by atoms with van der Waals surface area (Å²) in [6.07, 6.45) is 5.64. The highest BCUT2D eigenvalue weighted by Gasteiger charge is 2.35. The first-order chi connectivity index (χ1) is 8.15. The number of nitrogens with zero attached hydrogens (tertiary/aromatic N) is 1. The molecule has 0 fully saturated rings. The van der Waals surface area contributed by atoms with E-state index >= 15 is 0 Å². The van der Waals surface area contributed by atoms with Crippen LogP contribution in [0.3, 0.4) is 0 Å². The number of rotatable bonds is 5. The molecule has 1 aliphatic carbocycles. The molecule has 0 saturated carbocycles. The lowest BCUT2D eigenvalue weighted by Gasteiger charge is -2.32. The molecule has 1 unspecified atom stereocenters. The standard InChI is InChI=1S/C15H24N2/c1-4-16-11-9-15(2,3)13-8-7-12-6-5-10-17-14(12)13/h5-6,10,13,16H,4,7-9,11H2,1-3H3. The maximum absolute atomic E-state index is 4.61. The summed E-state index contributed by atoms with van der Waals surface area (Å²) < 4.78 is 0. The first-order valence-corrected chi connectivity index (χ1v) is 6.79. The van der Waals surface area contributed by atoms with Gasteiger partial charge in [-0.1, -0.05) is 26.8 Å². The van der Waals surface area contributed by atoms with E-state index < -0.39 is 0 Å². The van der Waals surface area contributed by atoms with Crippen LogP contribution in [0.25, 0.3) is 0 Å². The van der Waals surface area contributed by atoms with Crippen LogP contribution in [0.5, 0.6) is 0 Å². The van der Waals surface area contributed by atoms with E-state index in [4.69, 9.17) is 0 Å². The average molecular weight is 232 g/mol. The van der Waals surface area contributed by atoms with E-state index in [1.165, 1.54) is 30.5 Å². The van der Waals surface area contributed by atoms with Gasteiger partial charge in [0.25, 0.3) is 0 Å². The summed E-state index contributed by atoms with van der Waals surface area (Å²) in [4.78, 5) is 4.61. The molecule has 0 aliphatic heterocycles. The summed E-state index contributed by atoms with van der Waals surface area (Å²) in [5.41, 5.74) is 3.17. The Balaban J connectivity index is 2.08. The fraction of sp³-hybridized carbons (Fsp3) is 0.667. The van der Waals surface area contributed by atoms with Gasteiger partial charge in [0.05, 0.1) is 0 Å². The number of fused-ring (bicyclic) bond motifs is 1. The molecular weight excluding hydrogens is 208 g/mol. The first kappa shape index (κ1) is 12.6. The van der Waals surface area contributed by atoms with Crippen LogP contribution in [0.2, 0.25) is 0 Å². The highest BCUT2D eigenvalue weighted by molar-refractivity contribution is 5.30. The zero-order valence-electron chi connectivity index (χ0n) is 11.3. The van der Waals surface area contributed by atoms with Gasteiger partial charge in [0.2, 0.25) is 0 Å². The van der Waals surface area contributed by atoms with Crippen LogP contribution in [0.15, 0.2) is 18.3 Å². The van der Waals surface area contributed by atoms with Crippen molar-refractivity contribution in [3.8, 4) is 0 Å². The normalized spacial score (nSPS) is 19.4. The Morgan fingerprint density at radius 3 is 3.06 bits per heavy atom. The van der Waals surface area contributed by atoms with Gasteiger partial charge in [-0.25, -0.2) is 0 Å². The predicted octanol–water partition coefficient (Wildman–Crippen LogP) is 3.14. The van der Waals surface area contributed by atoms with Crippen LogP contribution in [0.4, 0.5) is 0 Å². The lowest BCUT2D eigenvalue weighted by Crippen LogP contribution is -2.27. The molecule has 0 bridgehead atoms. The second kappa shape index (κ2) is 5.18. The van der Waals surface area contributed by atoms with Crippen LogP contribution in [0, 0.1) is 5.41 Å². The molecule has 1 aromatic rings. The highest BCUT2D eigenvalue weighted by atomic mass is 14.8. The third kappa shape index (κ3) is 2.68. The molecule has 1 aliphatic rings. The minimum Gasteiger partial charge on any atom is -0.317 e. The van der Waals surface area contributed by atoms with Gasteiger partial charge in [-0.15, -0.1) is 0 Å². The summed E-state index contributed by atoms with van der Waals surface area (Å²) in [5, 5.41) is 3.43. The topological polar surface area (TPSA) is 24.9 Å². The van der Waals surface area contributed by atoms with Crippen LogP contribution < -0.4 is 5.32 Å². The van der Waals surface area contributed by atoms with Crippen LogP contribution in [-0.2, 0) is 6.42 Å². The number of nitrogens with one attached hydrogen (secondary N) is 1. The largest absolute Gasteiger partial charge is 0.317 e. The summed E-state index contributed by atoms with van der Waals surface area (Å²) in [7, 11) is 0. The van der Waals surface area contributed by atoms with E-state index in [1.54, 1.807) is 0 Å². The Bertz CT molecular complexity index is 371. The van der Waals surface area contributed by atoms with E-state index in [-0.39, 0.29) is 0 Å². The van der Waals surface area contributed by atoms with Gasteiger partial charge in [0.1, 0.15) is 0 Å². The highest BCUT2D eigenvalue weighted by Crippen LogP contribution is 2.45. The quantitative estimate of drug-likeness (QED) is 0.789. The lowest BCUT2D eigenvalue weighted by molar-refractivity contribution is 0.254. The molecule has 1 aromatic heterocycles. The molecule has 0 radical (unpaired) electrons. The summed E-state index contributed by atoms with van der Waals surface area (Å²) >= 11 is 0. The zero-order valence-corrected chi connectivity index (χ0v) is 11.3. The van der Waals surface area contributed by atoms with E-state index in [1.807, 2.05) is 6.20 Å². The van der Waals surface area contributed by atoms with Crippen molar-refractivity contribution in [2.45, 2.75) is 46.0 Å². The molecule has 2 nitrogen and oxygen atoms in total. The molecule has 1 N–H and O–H groups in total. The van der Waals surface area contributed by atoms with Crippen molar-refractivity contribution in [3.05, 3.63) is 29.6 Å². The average Bonchev–Trinajstić information content (AvgIpc) is 2.73. The maximum atomic E-state index is 4.61. The molecular formula is C15H24N2. The summed E-state index contributed by atoms with van der Waals surface area (Å²) in [6.45, 7) is 9.12. The van der Waals surface area contributed by atoms with E-state index in [0.29, 0.717) is 11.3 Å². The Kier molecular flexibility index (Phi) is 3.82. The number of aryl methyl sites for hydroxylation is 1. The fourth-order valence-corrected chi connectivity index (χ4v) is 2.93. The van der Waals surface area contributed by atoms with Gasteiger partial charge >= 0.3 is 0 Å². The van der Waals surface area contributed by atoms with Crippen molar-refractivity contribution in [2.75, 3.05) is 13.1 Å². The molecule has 1 atom stereocenters. The predicted molar refractivity (Wildman–Crippen MR) is 72.2 cm³/mol. The van der Waals surface area contributed by atoms with Gasteiger partial charge in [-0.2, -0.15) is 0 Å². The van der Waals surface area contributed by atoms with Crippen LogP contribution in [0.1, 0.15) is 50.8 Å². The maximum Gasteiger partial charge on any atom is 0.0471 e. The Morgan fingerprint density at radius 1 is 1.47 bits per heavy atom. The van der Waals surface area contributed by atoms with Crippen molar-refractivity contribution in [2.24, 2.45) is 5.41 Å². The van der Waals surface area contributed by atoms with E-state index in [2.05, 4.69) is 43.2 Å². The van der Waals surface area contributed by atoms with Crippen molar-refractivity contribution in [1.29, 1.82) is 0 Å². The van der Waals surface area contributed by atoms with Gasteiger partial charge in [-0.05, 0) is 49.4 Å². The molecule has 0 amide bonds. The molecule has 2 rings (SSSR count). The second-order valence-electron chi connectivity index (χ2n) is 5.73. The zero-order chi connectivity index (χ0) is 12.3. The second-order valence-corrected chi connectivity index (χ2v) is 5.73. The summed E-state index contributed by atoms with van der Waals surface area (Å²) in [5.74, 6) is 0.636. The Labute approximate surface area is 105 Å². The van der Waals surface area contributed by atoms with E-state index in [0.717, 1.165) is 13.1 Å². The van der Waals surface area contributed by atoms with Gasteiger partial charge < -0.3 is 5.32 Å². The Hall–Kier alpha value is -0.890. The van der Waals surface area contributed by atoms with Crippen molar-refractivity contribution in [1.82, 2.24) is 10.3 Å². The van der Waals surface area contributed by atoms with Crippen LogP contribution >= 0.6 is 0 Å². The molecule has 0 aromatic carbocycles. The number of hydrogen-bond acceptors (Lipinski definition) is 2. The molecule has 1 heterocycles. The minimum absolute atomic E-state index is 0.349. The van der Waals surface area contributed by atoms with Crippen molar-refractivity contribution < 1.29 is 0 Å². The number of hydrogen-bond donors (Lipinski definition) is 1. The first-order valence-electron chi connectivity index (χ1n) is 6.79. The molecule has 17 heavy (non-hydrogen) atoms. The fourth-order valence-electron chi connectivity index (χ4n) is 2.93. The third-order valence-electron chi connectivity index (χ3n) is 4.10. The van der Waals surface area contributed by atoms with Gasteiger partial charge in [0.15, 0.2) is 0 Å². The molecule has 0 spiro atoms.